The van der Waals surface area contributed by atoms with Gasteiger partial charge in [0.05, 0.1) is 17.8 Å². The number of anilines is 2. The molecule has 2 fully saturated rings. The molecule has 0 saturated carbocycles. The zero-order valence-corrected chi connectivity index (χ0v) is 21.8. The van der Waals surface area contributed by atoms with E-state index in [0.717, 1.165) is 42.2 Å². The zero-order valence-electron chi connectivity index (χ0n) is 20.2. The number of carbonyl (C=O) groups is 2. The molecule has 2 aliphatic rings. The molecule has 2 saturated heterocycles. The lowest BCUT2D eigenvalue weighted by Crippen LogP contribution is -2.48. The molecule has 0 spiro atoms. The molecule has 4 heterocycles. The van der Waals surface area contributed by atoms with Gasteiger partial charge in [0.25, 0.3) is 10.0 Å². The number of fused-ring (bicyclic) bond motifs is 1. The number of pyridine rings is 1. The van der Waals surface area contributed by atoms with Gasteiger partial charge >= 0.3 is 5.97 Å². The predicted octanol–water partition coefficient (Wildman–Crippen LogP) is 1.32. The van der Waals surface area contributed by atoms with Crippen LogP contribution >= 0.6 is 11.3 Å². The maximum atomic E-state index is 13.2. The van der Waals surface area contributed by atoms with E-state index in [9.17, 15) is 28.4 Å². The van der Waals surface area contributed by atoms with Gasteiger partial charge in [0.1, 0.15) is 17.9 Å². The third kappa shape index (κ3) is 4.87. The van der Waals surface area contributed by atoms with E-state index in [-0.39, 0.29) is 35.0 Å². The van der Waals surface area contributed by atoms with Gasteiger partial charge in [-0.2, -0.15) is 9.98 Å². The third-order valence-electron chi connectivity index (χ3n) is 6.87. The van der Waals surface area contributed by atoms with Crippen molar-refractivity contribution in [1.82, 2.24) is 19.6 Å². The maximum absolute atomic E-state index is 13.2. The second-order valence-corrected chi connectivity index (χ2v) is 12.2. The average Bonchev–Trinajstić information content (AvgIpc) is 3.65. The molecule has 2 aliphatic heterocycles. The molecule has 0 aliphatic carbocycles. The van der Waals surface area contributed by atoms with Crippen LogP contribution in [0.15, 0.2) is 34.8 Å². The highest BCUT2D eigenvalue weighted by molar-refractivity contribution is 7.91. The number of nitriles is 1. The van der Waals surface area contributed by atoms with E-state index in [1.54, 1.807) is 18.2 Å². The molecule has 4 N–H and O–H groups in total. The average molecular weight is 556 g/mol. The number of hydrogen-bond donors (Lipinski definition) is 3. The number of hydrogen-bond acceptors (Lipinski definition) is 10. The van der Waals surface area contributed by atoms with Crippen LogP contribution in [-0.2, 0) is 26.0 Å². The van der Waals surface area contributed by atoms with Gasteiger partial charge in [0, 0.05) is 37.6 Å². The highest BCUT2D eigenvalue weighted by atomic mass is 32.2. The van der Waals surface area contributed by atoms with Crippen molar-refractivity contribution in [2.24, 2.45) is 0 Å². The number of nitrogens with one attached hydrogen (secondary N) is 1. The normalized spacial score (nSPS) is 18.7. The Morgan fingerprint density at radius 3 is 2.76 bits per heavy atom. The summed E-state index contributed by atoms with van der Waals surface area (Å²) in [5, 5.41) is 21.5. The van der Waals surface area contributed by atoms with Gasteiger partial charge in [-0.05, 0) is 48.4 Å². The van der Waals surface area contributed by atoms with Gasteiger partial charge in [-0.25, -0.2) is 23.2 Å². The molecule has 1 amide bonds. The van der Waals surface area contributed by atoms with Crippen molar-refractivity contribution in [2.45, 2.75) is 42.0 Å². The number of carbonyl (C=O) groups excluding carboxylic acids is 1. The van der Waals surface area contributed by atoms with Crippen LogP contribution in [0.3, 0.4) is 0 Å². The summed E-state index contributed by atoms with van der Waals surface area (Å²) in [5.41, 5.74) is 6.58. The number of rotatable bonds is 8. The molecule has 2 atom stereocenters. The molecule has 2 aromatic heterocycles. The Morgan fingerprint density at radius 2 is 2.05 bits per heavy atom. The van der Waals surface area contributed by atoms with Crippen LogP contribution in [0.4, 0.5) is 10.9 Å². The molecule has 1 aromatic carbocycles. The molecule has 1 unspecified atom stereocenters. The molecule has 3 aromatic rings. The number of carboxylic acids is 1. The van der Waals surface area contributed by atoms with Crippen molar-refractivity contribution in [1.29, 1.82) is 5.26 Å². The first-order chi connectivity index (χ1) is 18.2. The SMILES string of the molecule is N#Cc1cc2c(N)nccc2cc1CC(C(=O)O)N1CC[C@H](NS(=O)(=O)c2cnc(N3CCCC3)s2)C1=O. The lowest BCUT2D eigenvalue weighted by atomic mass is 9.96. The molecule has 14 heteroatoms. The zero-order chi connectivity index (χ0) is 27.0. The summed E-state index contributed by atoms with van der Waals surface area (Å²) in [4.78, 5) is 36.9. The molecular formula is C24H25N7O5S2. The minimum Gasteiger partial charge on any atom is -0.480 e. The summed E-state index contributed by atoms with van der Waals surface area (Å²) < 4.78 is 28.4. The number of nitrogens with zero attached hydrogens (tertiary/aromatic N) is 5. The monoisotopic (exact) mass is 555 g/mol. The van der Waals surface area contributed by atoms with Crippen LogP contribution in [-0.4, -0.2) is 72.0 Å². The summed E-state index contributed by atoms with van der Waals surface area (Å²) in [7, 11) is -4.03. The highest BCUT2D eigenvalue weighted by Gasteiger charge is 2.41. The summed E-state index contributed by atoms with van der Waals surface area (Å²) in [6.07, 6.45) is 4.83. The van der Waals surface area contributed by atoms with Gasteiger partial charge < -0.3 is 20.6 Å². The van der Waals surface area contributed by atoms with E-state index in [0.29, 0.717) is 21.5 Å². The second-order valence-electron chi connectivity index (χ2n) is 9.25. The quantitative estimate of drug-likeness (QED) is 0.366. The smallest absolute Gasteiger partial charge is 0.326 e. The van der Waals surface area contributed by atoms with Gasteiger partial charge in [-0.3, -0.25) is 4.79 Å². The molecule has 198 valence electrons. The number of aliphatic carboxylic acids is 1. The lowest BCUT2D eigenvalue weighted by molar-refractivity contribution is -0.148. The summed E-state index contributed by atoms with van der Waals surface area (Å²) in [5.74, 6) is -1.63. The maximum Gasteiger partial charge on any atom is 0.326 e. The fraction of sp³-hybridized carbons (Fsp3) is 0.375. The second kappa shape index (κ2) is 10.2. The molecular weight excluding hydrogens is 530 g/mol. The number of benzene rings is 1. The summed E-state index contributed by atoms with van der Waals surface area (Å²) in [6, 6.07) is 4.60. The molecule has 38 heavy (non-hydrogen) atoms. The first kappa shape index (κ1) is 25.8. The van der Waals surface area contributed by atoms with E-state index in [1.807, 2.05) is 4.90 Å². The highest BCUT2D eigenvalue weighted by Crippen LogP contribution is 2.30. The first-order valence-electron chi connectivity index (χ1n) is 12.0. The van der Waals surface area contributed by atoms with Crippen LogP contribution in [0, 0.1) is 11.3 Å². The topological polar surface area (TPSA) is 183 Å². The van der Waals surface area contributed by atoms with Crippen LogP contribution in [0.5, 0.6) is 0 Å². The Balaban J connectivity index is 1.34. The minimum absolute atomic E-state index is 0.00373. The third-order valence-corrected chi connectivity index (χ3v) is 9.86. The van der Waals surface area contributed by atoms with E-state index >= 15 is 0 Å². The van der Waals surface area contributed by atoms with Crippen molar-refractivity contribution in [3.8, 4) is 6.07 Å². The van der Waals surface area contributed by atoms with Crippen molar-refractivity contribution < 1.29 is 23.1 Å². The Hall–Kier alpha value is -3.80. The number of aromatic nitrogens is 2. The van der Waals surface area contributed by atoms with Gasteiger partial charge in [-0.15, -0.1) is 0 Å². The van der Waals surface area contributed by atoms with E-state index in [4.69, 9.17) is 5.73 Å². The Kier molecular flexibility index (Phi) is 6.91. The first-order valence-corrected chi connectivity index (χ1v) is 14.3. The largest absolute Gasteiger partial charge is 0.480 e. The molecule has 5 rings (SSSR count). The van der Waals surface area contributed by atoms with Crippen LogP contribution in [0.1, 0.15) is 30.4 Å². The number of likely N-dealkylation sites (tertiary alicyclic amines) is 1. The lowest BCUT2D eigenvalue weighted by Gasteiger charge is -2.25. The standard InChI is InChI=1S/C24H25N7O5S2/c25-12-16-10-17-14(3-5-27-21(17)26)9-15(16)11-19(23(33)34)31-8-4-18(22(31)32)29-38(35,36)20-13-28-24(37-20)30-6-1-2-7-30/h3,5,9-10,13,18-19,29H,1-2,4,6-8,11H2,(H2,26,27)(H,33,34)/t18-,19?/m0/s1. The van der Waals surface area contributed by atoms with Crippen molar-refractivity contribution in [3.05, 3.63) is 41.7 Å². The van der Waals surface area contributed by atoms with Crippen molar-refractivity contribution >= 4 is 55.0 Å². The number of thiazole rings is 1. The van der Waals surface area contributed by atoms with Crippen LogP contribution in [0.25, 0.3) is 10.8 Å². The Morgan fingerprint density at radius 1 is 1.29 bits per heavy atom. The number of amides is 1. The predicted molar refractivity (Wildman–Crippen MR) is 140 cm³/mol. The molecule has 0 bridgehead atoms. The number of nitrogens with two attached hydrogens (primary N) is 1. The number of nitrogen functional groups attached to an aromatic ring is 1. The van der Waals surface area contributed by atoms with Crippen molar-refractivity contribution in [3.63, 3.8) is 0 Å². The Labute approximate surface area is 222 Å². The molecule has 0 radical (unpaired) electrons. The van der Waals surface area contributed by atoms with Gasteiger partial charge in [0.15, 0.2) is 9.34 Å². The van der Waals surface area contributed by atoms with Crippen molar-refractivity contribution in [2.75, 3.05) is 30.3 Å². The number of sulfonamides is 1. The van der Waals surface area contributed by atoms with E-state index in [2.05, 4.69) is 20.8 Å². The van der Waals surface area contributed by atoms with Gasteiger partial charge in [0.2, 0.25) is 5.91 Å². The van der Waals surface area contributed by atoms with Crippen LogP contribution in [0.2, 0.25) is 0 Å². The number of carboxylic acid groups (broad SMARTS) is 1. The Bertz CT molecular complexity index is 1560. The summed E-state index contributed by atoms with van der Waals surface area (Å²) in [6.45, 7) is 1.70. The van der Waals surface area contributed by atoms with E-state index < -0.39 is 34.0 Å². The fourth-order valence-electron chi connectivity index (χ4n) is 4.90. The molecule has 12 nitrogen and oxygen atoms in total. The van der Waals surface area contributed by atoms with Gasteiger partial charge in [-0.1, -0.05) is 11.3 Å². The van der Waals surface area contributed by atoms with Crippen LogP contribution < -0.4 is 15.4 Å². The summed E-state index contributed by atoms with van der Waals surface area (Å²) >= 11 is 1.04. The minimum atomic E-state index is -4.03. The fourth-order valence-corrected chi connectivity index (χ4v) is 7.31. The van der Waals surface area contributed by atoms with E-state index in [1.165, 1.54) is 12.4 Å².